The molecule has 1 unspecified atom stereocenters. The van der Waals surface area contributed by atoms with Gasteiger partial charge in [0.05, 0.1) is 7.11 Å². The van der Waals surface area contributed by atoms with E-state index in [-0.39, 0.29) is 0 Å². The number of ether oxygens (including phenoxy) is 1. The molecule has 2 aliphatic rings. The second-order valence-electron chi connectivity index (χ2n) is 6.70. The van der Waals surface area contributed by atoms with Gasteiger partial charge in [-0.05, 0) is 61.5 Å². The molecule has 0 amide bonds. The number of aliphatic imine (C=N–C) groups is 1. The van der Waals surface area contributed by atoms with Crippen LogP contribution in [0.25, 0.3) is 10.8 Å². The van der Waals surface area contributed by atoms with Gasteiger partial charge in [0.25, 0.3) is 0 Å². The van der Waals surface area contributed by atoms with Crippen LogP contribution in [0.3, 0.4) is 0 Å². The van der Waals surface area contributed by atoms with Gasteiger partial charge in [-0.1, -0.05) is 6.07 Å². The summed E-state index contributed by atoms with van der Waals surface area (Å²) in [7, 11) is 1.67. The van der Waals surface area contributed by atoms with Gasteiger partial charge in [0.15, 0.2) is 0 Å². The summed E-state index contributed by atoms with van der Waals surface area (Å²) in [5.74, 6) is 0.984. The number of piperidine rings is 1. The zero-order valence-electron chi connectivity index (χ0n) is 14.5. The molecule has 5 nitrogen and oxygen atoms in total. The Morgan fingerprint density at radius 1 is 1.24 bits per heavy atom. The van der Waals surface area contributed by atoms with Crippen LogP contribution in [0.15, 0.2) is 47.5 Å². The van der Waals surface area contributed by atoms with Crippen molar-refractivity contribution in [2.45, 2.75) is 31.2 Å². The van der Waals surface area contributed by atoms with Crippen LogP contribution in [0.5, 0.6) is 0 Å². The Hall–Kier alpha value is -2.40. The van der Waals surface area contributed by atoms with Crippen molar-refractivity contribution < 1.29 is 4.74 Å². The first-order valence-corrected chi connectivity index (χ1v) is 8.97. The monoisotopic (exact) mass is 336 g/mol. The molecular formula is C20H24N4O. The zero-order chi connectivity index (χ0) is 17.1. The first-order chi connectivity index (χ1) is 12.3. The fourth-order valence-electron chi connectivity index (χ4n) is 3.63. The third kappa shape index (κ3) is 3.51. The van der Waals surface area contributed by atoms with Crippen LogP contribution in [-0.4, -0.2) is 37.4 Å². The van der Waals surface area contributed by atoms with Crippen molar-refractivity contribution in [2.75, 3.05) is 25.5 Å². The average molecular weight is 336 g/mol. The van der Waals surface area contributed by atoms with Gasteiger partial charge in [0, 0.05) is 41.6 Å². The van der Waals surface area contributed by atoms with E-state index in [2.05, 4.69) is 44.9 Å². The van der Waals surface area contributed by atoms with Gasteiger partial charge in [-0.15, -0.1) is 0 Å². The zero-order valence-corrected chi connectivity index (χ0v) is 14.5. The molecule has 3 heterocycles. The fourth-order valence-corrected chi connectivity index (χ4v) is 3.63. The van der Waals surface area contributed by atoms with Gasteiger partial charge >= 0.3 is 0 Å². The van der Waals surface area contributed by atoms with E-state index in [1.807, 2.05) is 18.6 Å². The number of allylic oxidation sites excluding steroid dienone is 1. The van der Waals surface area contributed by atoms with Crippen molar-refractivity contribution >= 4 is 22.7 Å². The van der Waals surface area contributed by atoms with Gasteiger partial charge in [0.2, 0.25) is 5.88 Å². The number of hydrogen-bond acceptors (Lipinski definition) is 5. The molecule has 0 spiro atoms. The third-order valence-electron chi connectivity index (χ3n) is 5.04. The highest BCUT2D eigenvalue weighted by molar-refractivity contribution is 5.94. The summed E-state index contributed by atoms with van der Waals surface area (Å²) in [6.07, 6.45) is 11.1. The highest BCUT2D eigenvalue weighted by Gasteiger charge is 2.18. The molecule has 2 aliphatic heterocycles. The van der Waals surface area contributed by atoms with E-state index in [4.69, 9.17) is 4.74 Å². The molecule has 1 aromatic heterocycles. The van der Waals surface area contributed by atoms with Crippen LogP contribution in [0, 0.1) is 0 Å². The average Bonchev–Trinajstić information content (AvgIpc) is 2.69. The number of anilines is 1. The Labute approximate surface area is 148 Å². The van der Waals surface area contributed by atoms with Crippen molar-refractivity contribution in [1.29, 1.82) is 0 Å². The van der Waals surface area contributed by atoms with Gasteiger partial charge < -0.3 is 15.4 Å². The molecule has 0 aliphatic carbocycles. The number of aromatic nitrogens is 1. The molecular weight excluding hydrogens is 312 g/mol. The van der Waals surface area contributed by atoms with E-state index in [0.717, 1.165) is 32.4 Å². The van der Waals surface area contributed by atoms with Crippen molar-refractivity contribution in [2.24, 2.45) is 4.99 Å². The van der Waals surface area contributed by atoms with Gasteiger partial charge in [-0.25, -0.2) is 4.99 Å². The summed E-state index contributed by atoms with van der Waals surface area (Å²) < 4.78 is 5.31. The molecule has 1 saturated heterocycles. The standard InChI is InChI=1S/C20H24N4O/c1-25-20-12-14(3-9-23-20)16-10-15-2-6-22-13-18(15)19(11-16)24-17-4-7-21-8-5-17/h2,6,9-14,17,21,24H,3-5,7-8H2,1H3. The maximum absolute atomic E-state index is 5.31. The van der Waals surface area contributed by atoms with Gasteiger partial charge in [-0.2, -0.15) is 0 Å². The van der Waals surface area contributed by atoms with Crippen molar-refractivity contribution in [3.8, 4) is 0 Å². The molecule has 1 fully saturated rings. The number of nitrogens with one attached hydrogen (secondary N) is 2. The smallest absolute Gasteiger partial charge is 0.209 e. The van der Waals surface area contributed by atoms with Crippen LogP contribution in [-0.2, 0) is 4.74 Å². The second kappa shape index (κ2) is 7.23. The van der Waals surface area contributed by atoms with E-state index in [1.165, 1.54) is 22.0 Å². The minimum absolute atomic E-state index is 0.290. The SMILES string of the molecule is COC1=CC(c2cc(NC3CCNCC3)c3cnccc3c2)CC=N1. The summed E-state index contributed by atoms with van der Waals surface area (Å²) >= 11 is 0. The number of methoxy groups -OCH3 is 1. The normalized spacial score (nSPS) is 21.2. The molecule has 0 saturated carbocycles. The van der Waals surface area contributed by atoms with Crippen LogP contribution in [0.1, 0.15) is 30.7 Å². The molecule has 0 bridgehead atoms. The Balaban J connectivity index is 1.70. The van der Waals surface area contributed by atoms with Gasteiger partial charge in [0.1, 0.15) is 0 Å². The Morgan fingerprint density at radius 3 is 2.96 bits per heavy atom. The van der Waals surface area contributed by atoms with Gasteiger partial charge in [-0.3, -0.25) is 4.98 Å². The van der Waals surface area contributed by atoms with Crippen LogP contribution in [0.2, 0.25) is 0 Å². The lowest BCUT2D eigenvalue weighted by Gasteiger charge is -2.26. The van der Waals surface area contributed by atoms with E-state index < -0.39 is 0 Å². The van der Waals surface area contributed by atoms with Crippen LogP contribution >= 0.6 is 0 Å². The first-order valence-electron chi connectivity index (χ1n) is 8.97. The topological polar surface area (TPSA) is 58.5 Å². The number of pyridine rings is 1. The van der Waals surface area contributed by atoms with E-state index in [1.54, 1.807) is 7.11 Å². The summed E-state index contributed by atoms with van der Waals surface area (Å²) in [6.45, 7) is 2.15. The summed E-state index contributed by atoms with van der Waals surface area (Å²) in [5, 5.41) is 9.59. The predicted molar refractivity (Wildman–Crippen MR) is 102 cm³/mol. The minimum atomic E-state index is 0.290. The first kappa shape index (κ1) is 16.1. The van der Waals surface area contributed by atoms with E-state index >= 15 is 0 Å². The molecule has 2 aromatic rings. The van der Waals surface area contributed by atoms with Crippen LogP contribution in [0.4, 0.5) is 5.69 Å². The minimum Gasteiger partial charge on any atom is -0.481 e. The van der Waals surface area contributed by atoms with Crippen molar-refractivity contribution in [1.82, 2.24) is 10.3 Å². The second-order valence-corrected chi connectivity index (χ2v) is 6.70. The summed E-state index contributed by atoms with van der Waals surface area (Å²) in [6, 6.07) is 7.14. The highest BCUT2D eigenvalue weighted by Crippen LogP contribution is 2.33. The number of hydrogen-bond donors (Lipinski definition) is 2. The lowest BCUT2D eigenvalue weighted by molar-refractivity contribution is 0.284. The highest BCUT2D eigenvalue weighted by atomic mass is 16.5. The third-order valence-corrected chi connectivity index (χ3v) is 5.04. The fraction of sp³-hybridized carbons (Fsp3) is 0.400. The molecule has 0 radical (unpaired) electrons. The van der Waals surface area contributed by atoms with Crippen molar-refractivity contribution in [3.63, 3.8) is 0 Å². The number of nitrogens with zero attached hydrogens (tertiary/aromatic N) is 2. The Kier molecular flexibility index (Phi) is 4.65. The summed E-state index contributed by atoms with van der Waals surface area (Å²) in [4.78, 5) is 8.61. The van der Waals surface area contributed by atoms with E-state index in [9.17, 15) is 0 Å². The lowest BCUT2D eigenvalue weighted by Crippen LogP contribution is -2.35. The molecule has 130 valence electrons. The molecule has 4 rings (SSSR count). The van der Waals surface area contributed by atoms with E-state index in [0.29, 0.717) is 17.8 Å². The molecule has 2 N–H and O–H groups in total. The molecule has 1 aromatic carbocycles. The maximum atomic E-state index is 5.31. The number of benzene rings is 1. The Morgan fingerprint density at radius 2 is 2.12 bits per heavy atom. The Bertz CT molecular complexity index is 808. The molecule has 5 heteroatoms. The van der Waals surface area contributed by atoms with Crippen LogP contribution < -0.4 is 10.6 Å². The number of rotatable bonds is 4. The van der Waals surface area contributed by atoms with Crippen molar-refractivity contribution in [3.05, 3.63) is 48.1 Å². The molecule has 25 heavy (non-hydrogen) atoms. The number of fused-ring (bicyclic) bond motifs is 1. The largest absolute Gasteiger partial charge is 0.481 e. The summed E-state index contributed by atoms with van der Waals surface area (Å²) in [5.41, 5.74) is 2.47. The molecule has 1 atom stereocenters. The lowest BCUT2D eigenvalue weighted by atomic mass is 9.92. The predicted octanol–water partition coefficient (Wildman–Crippen LogP) is 3.44. The quantitative estimate of drug-likeness (QED) is 0.898. The maximum Gasteiger partial charge on any atom is 0.209 e.